The van der Waals surface area contributed by atoms with Crippen LogP contribution in [0.3, 0.4) is 0 Å². The number of nitrogens with one attached hydrogen (secondary N) is 2. The van der Waals surface area contributed by atoms with Gasteiger partial charge in [-0.15, -0.1) is 0 Å². The molecule has 6 heteroatoms. The largest absolute Gasteiger partial charge is 0.359 e. The van der Waals surface area contributed by atoms with Crippen LogP contribution in [0.25, 0.3) is 0 Å². The van der Waals surface area contributed by atoms with Crippen molar-refractivity contribution in [3.05, 3.63) is 0 Å². The van der Waals surface area contributed by atoms with Gasteiger partial charge in [-0.3, -0.25) is 5.43 Å². The van der Waals surface area contributed by atoms with Gasteiger partial charge in [-0.2, -0.15) is 0 Å². The van der Waals surface area contributed by atoms with Gasteiger partial charge in [0.15, 0.2) is 5.11 Å². The molecule has 5 nitrogen and oxygen atoms in total. The van der Waals surface area contributed by atoms with Crippen molar-refractivity contribution in [2.45, 2.75) is 25.8 Å². The summed E-state index contributed by atoms with van der Waals surface area (Å²) >= 11 is 5.10. The molecular weight excluding hydrogens is 212 g/mol. The van der Waals surface area contributed by atoms with E-state index >= 15 is 0 Å². The molecule has 1 aliphatic heterocycles. The molecule has 0 bridgehead atoms. The Morgan fingerprint density at radius 3 is 2.80 bits per heavy atom. The molecule has 0 aromatic rings. The van der Waals surface area contributed by atoms with Crippen LogP contribution >= 0.6 is 12.2 Å². The average Bonchev–Trinajstić information content (AvgIpc) is 2.94. The van der Waals surface area contributed by atoms with Gasteiger partial charge in [-0.1, -0.05) is 0 Å². The number of likely N-dealkylation sites (N-methyl/N-ethyl adjacent to an activating group) is 1. The first-order valence-electron chi connectivity index (χ1n) is 5.34. The van der Waals surface area contributed by atoms with Gasteiger partial charge in [-0.25, -0.2) is 9.80 Å². The Kier molecular flexibility index (Phi) is 2.95. The number of carbonyl (C=O) groups is 1. The molecule has 0 radical (unpaired) electrons. The lowest BCUT2D eigenvalue weighted by atomic mass is 10.6. The monoisotopic (exact) mass is 228 g/mol. The average molecular weight is 228 g/mol. The molecule has 1 saturated carbocycles. The molecule has 1 aliphatic carbocycles. The highest BCUT2D eigenvalue weighted by atomic mass is 32.1. The highest BCUT2D eigenvalue weighted by Gasteiger charge is 2.29. The molecule has 2 fully saturated rings. The molecule has 0 unspecified atom stereocenters. The number of nitrogens with zero attached hydrogens (tertiary/aromatic N) is 2. The van der Waals surface area contributed by atoms with E-state index in [0.29, 0.717) is 17.7 Å². The number of rotatable bonds is 3. The summed E-state index contributed by atoms with van der Waals surface area (Å²) in [6, 6.07) is 0.530. The summed E-state index contributed by atoms with van der Waals surface area (Å²) in [6.07, 6.45) is 2.35. The lowest BCUT2D eigenvalue weighted by Gasteiger charge is -2.20. The minimum Gasteiger partial charge on any atom is -0.359 e. The van der Waals surface area contributed by atoms with Gasteiger partial charge in [0.2, 0.25) is 0 Å². The molecule has 0 atom stereocenters. The SMILES string of the molecule is CCN1CCN(NC(=S)NC2CC2)C1=O. The third-order valence-corrected chi connectivity index (χ3v) is 2.83. The van der Waals surface area contributed by atoms with Crippen LogP contribution in [0.5, 0.6) is 0 Å². The molecule has 2 N–H and O–H groups in total. The zero-order valence-electron chi connectivity index (χ0n) is 8.82. The van der Waals surface area contributed by atoms with Gasteiger partial charge in [0.25, 0.3) is 0 Å². The van der Waals surface area contributed by atoms with Crippen LogP contribution in [0, 0.1) is 0 Å². The zero-order chi connectivity index (χ0) is 10.8. The van der Waals surface area contributed by atoms with E-state index in [-0.39, 0.29) is 6.03 Å². The number of hydrogen-bond acceptors (Lipinski definition) is 2. The van der Waals surface area contributed by atoms with Gasteiger partial charge >= 0.3 is 6.03 Å². The van der Waals surface area contributed by atoms with Crippen LogP contribution in [0.4, 0.5) is 4.79 Å². The number of thiocarbonyl (C=S) groups is 1. The lowest BCUT2D eigenvalue weighted by molar-refractivity contribution is 0.186. The van der Waals surface area contributed by atoms with E-state index in [9.17, 15) is 4.79 Å². The summed E-state index contributed by atoms with van der Waals surface area (Å²) in [7, 11) is 0. The summed E-state index contributed by atoms with van der Waals surface area (Å²) in [6.45, 7) is 4.19. The smallest absolute Gasteiger partial charge is 0.338 e. The predicted octanol–water partition coefficient (Wildman–Crippen LogP) is 0.285. The van der Waals surface area contributed by atoms with Crippen molar-refractivity contribution in [2.24, 2.45) is 0 Å². The number of hydrogen-bond donors (Lipinski definition) is 2. The van der Waals surface area contributed by atoms with Crippen molar-refractivity contribution >= 4 is 23.4 Å². The van der Waals surface area contributed by atoms with Crippen molar-refractivity contribution in [2.75, 3.05) is 19.6 Å². The highest BCUT2D eigenvalue weighted by molar-refractivity contribution is 7.80. The molecule has 0 spiro atoms. The molecule has 1 saturated heterocycles. The second-order valence-corrected chi connectivity index (χ2v) is 4.28. The van der Waals surface area contributed by atoms with E-state index in [4.69, 9.17) is 12.2 Å². The summed E-state index contributed by atoms with van der Waals surface area (Å²) in [5, 5.41) is 5.27. The molecule has 2 aliphatic rings. The van der Waals surface area contributed by atoms with Gasteiger partial charge < -0.3 is 10.2 Å². The van der Waals surface area contributed by atoms with E-state index < -0.39 is 0 Å². The van der Waals surface area contributed by atoms with Crippen molar-refractivity contribution in [3.63, 3.8) is 0 Å². The number of amides is 2. The molecule has 0 aromatic carbocycles. The number of urea groups is 1. The minimum absolute atomic E-state index is 0.0115. The second kappa shape index (κ2) is 4.22. The van der Waals surface area contributed by atoms with Gasteiger partial charge in [-0.05, 0) is 32.0 Å². The van der Waals surface area contributed by atoms with E-state index in [1.165, 1.54) is 12.8 Å². The maximum atomic E-state index is 11.7. The normalized spacial score (nSPS) is 20.7. The molecule has 15 heavy (non-hydrogen) atoms. The first-order valence-corrected chi connectivity index (χ1v) is 5.75. The van der Waals surface area contributed by atoms with Gasteiger partial charge in [0.1, 0.15) is 0 Å². The van der Waals surface area contributed by atoms with Gasteiger partial charge in [0.05, 0.1) is 6.54 Å². The Bertz CT molecular complexity index is 279. The fourth-order valence-corrected chi connectivity index (χ4v) is 1.82. The highest BCUT2D eigenvalue weighted by Crippen LogP contribution is 2.18. The topological polar surface area (TPSA) is 47.6 Å². The standard InChI is InChI=1S/C9H16N4OS/c1-2-12-5-6-13(9(12)14)11-8(15)10-7-3-4-7/h7H,2-6H2,1H3,(H2,10,11,15). The quantitative estimate of drug-likeness (QED) is 0.681. The third kappa shape index (κ3) is 2.50. The Hall–Kier alpha value is -1.04. The Labute approximate surface area is 94.8 Å². The zero-order valence-corrected chi connectivity index (χ0v) is 9.64. The van der Waals surface area contributed by atoms with Crippen molar-refractivity contribution in [1.29, 1.82) is 0 Å². The van der Waals surface area contributed by atoms with E-state index in [0.717, 1.165) is 13.1 Å². The molecule has 84 valence electrons. The second-order valence-electron chi connectivity index (χ2n) is 3.87. The third-order valence-electron chi connectivity index (χ3n) is 2.63. The fraction of sp³-hybridized carbons (Fsp3) is 0.778. The first kappa shape index (κ1) is 10.5. The Balaban J connectivity index is 1.79. The number of hydrazine groups is 1. The summed E-state index contributed by atoms with van der Waals surface area (Å²) in [5.74, 6) is 0. The minimum atomic E-state index is 0.0115. The van der Waals surface area contributed by atoms with E-state index in [1.54, 1.807) is 9.91 Å². The summed E-state index contributed by atoms with van der Waals surface area (Å²) in [4.78, 5) is 13.5. The van der Waals surface area contributed by atoms with Gasteiger partial charge in [0, 0.05) is 19.1 Å². The number of carbonyl (C=O) groups excluding carboxylic acids is 1. The Morgan fingerprint density at radius 1 is 1.53 bits per heavy atom. The van der Waals surface area contributed by atoms with Crippen LogP contribution in [0.1, 0.15) is 19.8 Å². The van der Waals surface area contributed by atoms with Crippen LogP contribution in [0.15, 0.2) is 0 Å². The molecule has 2 rings (SSSR count). The fourth-order valence-electron chi connectivity index (χ4n) is 1.55. The lowest BCUT2D eigenvalue weighted by Crippen LogP contribution is -2.49. The molecular formula is C9H16N4OS. The van der Waals surface area contributed by atoms with Crippen LogP contribution in [-0.4, -0.2) is 46.7 Å². The molecule has 1 heterocycles. The van der Waals surface area contributed by atoms with Crippen LogP contribution in [0.2, 0.25) is 0 Å². The summed E-state index contributed by atoms with van der Waals surface area (Å²) in [5.41, 5.74) is 2.93. The summed E-state index contributed by atoms with van der Waals surface area (Å²) < 4.78 is 0. The van der Waals surface area contributed by atoms with Crippen molar-refractivity contribution in [1.82, 2.24) is 20.7 Å². The maximum absolute atomic E-state index is 11.7. The maximum Gasteiger partial charge on any atom is 0.338 e. The Morgan fingerprint density at radius 2 is 2.27 bits per heavy atom. The van der Waals surface area contributed by atoms with Crippen molar-refractivity contribution in [3.8, 4) is 0 Å². The van der Waals surface area contributed by atoms with Crippen LogP contribution < -0.4 is 10.7 Å². The predicted molar refractivity (Wildman–Crippen MR) is 61.2 cm³/mol. The molecule has 0 aromatic heterocycles. The first-order chi connectivity index (χ1) is 7.20. The van der Waals surface area contributed by atoms with Crippen LogP contribution in [-0.2, 0) is 0 Å². The van der Waals surface area contributed by atoms with E-state index in [1.807, 2.05) is 6.92 Å². The molecule has 2 amide bonds. The van der Waals surface area contributed by atoms with Crippen molar-refractivity contribution < 1.29 is 4.79 Å². The van der Waals surface area contributed by atoms with E-state index in [2.05, 4.69) is 10.7 Å².